The van der Waals surface area contributed by atoms with Gasteiger partial charge in [-0.3, -0.25) is 9.98 Å². The number of nitrogens with zero attached hydrogens (tertiary/aromatic N) is 2. The number of aliphatic imine (C=N–C) groups is 1. The second-order valence-corrected chi connectivity index (χ2v) is 5.29. The van der Waals surface area contributed by atoms with Gasteiger partial charge in [-0.25, -0.2) is 0 Å². The van der Waals surface area contributed by atoms with Crippen LogP contribution in [0.3, 0.4) is 0 Å². The van der Waals surface area contributed by atoms with Crippen LogP contribution in [-0.4, -0.2) is 17.4 Å². The molecule has 0 saturated heterocycles. The van der Waals surface area contributed by atoms with E-state index in [1.807, 2.05) is 11.7 Å². The highest BCUT2D eigenvalue weighted by atomic mass is 32.1. The lowest BCUT2D eigenvalue weighted by Crippen LogP contribution is -2.18. The zero-order valence-electron chi connectivity index (χ0n) is 7.93. The van der Waals surface area contributed by atoms with E-state index in [1.165, 1.54) is 15.3 Å². The summed E-state index contributed by atoms with van der Waals surface area (Å²) in [6, 6.07) is 2.22. The Balaban J connectivity index is 2.11. The van der Waals surface area contributed by atoms with Crippen LogP contribution in [0.1, 0.15) is 10.4 Å². The highest BCUT2D eigenvalue weighted by Crippen LogP contribution is 2.34. The van der Waals surface area contributed by atoms with Crippen LogP contribution in [0.15, 0.2) is 22.8 Å². The summed E-state index contributed by atoms with van der Waals surface area (Å²) in [5, 5.41) is 0. The van der Waals surface area contributed by atoms with Crippen LogP contribution in [0.25, 0.3) is 9.75 Å². The van der Waals surface area contributed by atoms with E-state index in [9.17, 15) is 0 Å². The summed E-state index contributed by atoms with van der Waals surface area (Å²) in [4.78, 5) is 12.0. The van der Waals surface area contributed by atoms with Gasteiger partial charge in [-0.15, -0.1) is 22.7 Å². The van der Waals surface area contributed by atoms with Gasteiger partial charge >= 0.3 is 0 Å². The number of rotatable bonds is 1. The molecule has 0 aromatic carbocycles. The molecule has 3 heterocycles. The average molecular weight is 235 g/mol. The van der Waals surface area contributed by atoms with Crippen molar-refractivity contribution < 1.29 is 0 Å². The standard InChI is InChI=1S/C10H9N3S2/c11-10-9-6(1-2-13-10)3-7(15-9)8-4-12-5-14-8/h3-5H,1-2H2,(H2,11,13). The summed E-state index contributed by atoms with van der Waals surface area (Å²) >= 11 is 3.38. The molecule has 2 aromatic heterocycles. The van der Waals surface area contributed by atoms with Crippen molar-refractivity contribution in [1.29, 1.82) is 0 Å². The lowest BCUT2D eigenvalue weighted by Gasteiger charge is -2.07. The Morgan fingerprint density at radius 3 is 3.00 bits per heavy atom. The smallest absolute Gasteiger partial charge is 0.136 e. The number of nitrogens with two attached hydrogens (primary N) is 1. The second-order valence-electron chi connectivity index (χ2n) is 3.35. The van der Waals surface area contributed by atoms with Gasteiger partial charge in [-0.05, 0) is 18.1 Å². The molecular formula is C10H9N3S2. The first-order chi connectivity index (χ1) is 7.34. The molecule has 0 saturated carbocycles. The average Bonchev–Trinajstić information content (AvgIpc) is 2.86. The third-order valence-electron chi connectivity index (χ3n) is 2.38. The molecule has 1 aliphatic heterocycles. The quantitative estimate of drug-likeness (QED) is 0.823. The minimum Gasteiger partial charge on any atom is -0.383 e. The van der Waals surface area contributed by atoms with Gasteiger partial charge in [0, 0.05) is 17.6 Å². The molecule has 0 radical (unpaired) electrons. The van der Waals surface area contributed by atoms with Crippen LogP contribution in [0.5, 0.6) is 0 Å². The van der Waals surface area contributed by atoms with E-state index in [1.54, 1.807) is 22.7 Å². The van der Waals surface area contributed by atoms with Crippen LogP contribution >= 0.6 is 22.7 Å². The minimum absolute atomic E-state index is 0.692. The van der Waals surface area contributed by atoms with Crippen molar-refractivity contribution in [3.63, 3.8) is 0 Å². The van der Waals surface area contributed by atoms with Gasteiger partial charge in [0.2, 0.25) is 0 Å². The fraction of sp³-hybridized carbons (Fsp3) is 0.200. The van der Waals surface area contributed by atoms with E-state index in [0.717, 1.165) is 17.8 Å². The molecule has 0 unspecified atom stereocenters. The number of amidine groups is 1. The van der Waals surface area contributed by atoms with Gasteiger partial charge in [0.1, 0.15) is 5.84 Å². The number of fused-ring (bicyclic) bond motifs is 1. The Morgan fingerprint density at radius 1 is 1.33 bits per heavy atom. The van der Waals surface area contributed by atoms with E-state index in [2.05, 4.69) is 16.0 Å². The highest BCUT2D eigenvalue weighted by molar-refractivity contribution is 7.22. The SMILES string of the molecule is NC1=NCCc2cc(-c3cncs3)sc21. The summed E-state index contributed by atoms with van der Waals surface area (Å²) in [6.07, 6.45) is 2.90. The molecule has 0 amide bonds. The van der Waals surface area contributed by atoms with Crippen LogP contribution in [0.2, 0.25) is 0 Å². The summed E-state index contributed by atoms with van der Waals surface area (Å²) < 4.78 is 0. The molecule has 0 spiro atoms. The number of aromatic nitrogens is 1. The van der Waals surface area contributed by atoms with E-state index in [0.29, 0.717) is 5.84 Å². The molecule has 2 N–H and O–H groups in total. The lowest BCUT2D eigenvalue weighted by atomic mass is 10.1. The van der Waals surface area contributed by atoms with Crippen LogP contribution in [0.4, 0.5) is 0 Å². The predicted octanol–water partition coefficient (Wildman–Crippen LogP) is 2.13. The zero-order valence-corrected chi connectivity index (χ0v) is 9.57. The van der Waals surface area contributed by atoms with Crippen LogP contribution in [0, 0.1) is 0 Å². The van der Waals surface area contributed by atoms with E-state index < -0.39 is 0 Å². The Labute approximate surface area is 95.3 Å². The summed E-state index contributed by atoms with van der Waals surface area (Å²) in [6.45, 7) is 0.817. The van der Waals surface area contributed by atoms with Gasteiger partial charge in [0.05, 0.1) is 15.3 Å². The van der Waals surface area contributed by atoms with Crippen molar-refractivity contribution >= 4 is 28.5 Å². The number of thiazole rings is 1. The first kappa shape index (κ1) is 9.06. The van der Waals surface area contributed by atoms with Crippen LogP contribution < -0.4 is 5.73 Å². The van der Waals surface area contributed by atoms with Gasteiger partial charge in [-0.1, -0.05) is 0 Å². The molecule has 5 heteroatoms. The molecule has 3 rings (SSSR count). The van der Waals surface area contributed by atoms with Crippen molar-refractivity contribution in [2.75, 3.05) is 6.54 Å². The molecule has 3 nitrogen and oxygen atoms in total. The first-order valence-electron chi connectivity index (χ1n) is 4.66. The predicted molar refractivity (Wildman–Crippen MR) is 64.7 cm³/mol. The van der Waals surface area contributed by atoms with Crippen molar-refractivity contribution in [2.24, 2.45) is 10.7 Å². The third kappa shape index (κ3) is 1.48. The summed E-state index contributed by atoms with van der Waals surface area (Å²) in [5.74, 6) is 0.692. The van der Waals surface area contributed by atoms with Gasteiger partial charge < -0.3 is 5.73 Å². The molecule has 76 valence electrons. The third-order valence-corrected chi connectivity index (χ3v) is 4.55. The fourth-order valence-electron chi connectivity index (χ4n) is 1.66. The Hall–Kier alpha value is -1.20. The molecular weight excluding hydrogens is 226 g/mol. The second kappa shape index (κ2) is 3.43. The van der Waals surface area contributed by atoms with Crippen molar-refractivity contribution in [1.82, 2.24) is 4.98 Å². The van der Waals surface area contributed by atoms with Gasteiger partial charge in [0.25, 0.3) is 0 Å². The number of hydrogen-bond donors (Lipinski definition) is 1. The highest BCUT2D eigenvalue weighted by Gasteiger charge is 2.16. The lowest BCUT2D eigenvalue weighted by molar-refractivity contribution is 0.949. The molecule has 2 aromatic rings. The van der Waals surface area contributed by atoms with Crippen molar-refractivity contribution in [3.05, 3.63) is 28.2 Å². The molecule has 0 atom stereocenters. The minimum atomic E-state index is 0.692. The van der Waals surface area contributed by atoms with E-state index in [-0.39, 0.29) is 0 Å². The Morgan fingerprint density at radius 2 is 2.27 bits per heavy atom. The first-order valence-corrected chi connectivity index (χ1v) is 6.36. The largest absolute Gasteiger partial charge is 0.383 e. The fourth-order valence-corrected chi connectivity index (χ4v) is 3.50. The topological polar surface area (TPSA) is 51.3 Å². The summed E-state index contributed by atoms with van der Waals surface area (Å²) in [7, 11) is 0. The van der Waals surface area contributed by atoms with E-state index in [4.69, 9.17) is 5.73 Å². The Bertz CT molecular complexity index is 511. The Kier molecular flexibility index (Phi) is 2.07. The van der Waals surface area contributed by atoms with Crippen molar-refractivity contribution in [2.45, 2.75) is 6.42 Å². The molecule has 1 aliphatic rings. The van der Waals surface area contributed by atoms with Crippen LogP contribution in [-0.2, 0) is 6.42 Å². The maximum absolute atomic E-state index is 5.86. The monoisotopic (exact) mass is 235 g/mol. The normalized spacial score (nSPS) is 14.8. The zero-order chi connectivity index (χ0) is 10.3. The van der Waals surface area contributed by atoms with Gasteiger partial charge in [-0.2, -0.15) is 0 Å². The maximum atomic E-state index is 5.86. The molecule has 0 bridgehead atoms. The molecule has 15 heavy (non-hydrogen) atoms. The number of thiophene rings is 1. The van der Waals surface area contributed by atoms with E-state index >= 15 is 0 Å². The van der Waals surface area contributed by atoms with Crippen molar-refractivity contribution in [3.8, 4) is 9.75 Å². The summed E-state index contributed by atoms with van der Waals surface area (Å²) in [5.41, 5.74) is 9.04. The molecule has 0 fully saturated rings. The van der Waals surface area contributed by atoms with Gasteiger partial charge in [0.15, 0.2) is 0 Å². The number of hydrogen-bond acceptors (Lipinski definition) is 5. The molecule has 0 aliphatic carbocycles. The maximum Gasteiger partial charge on any atom is 0.136 e.